The Hall–Kier alpha value is -0.610. The Balaban J connectivity index is 2.13. The molecule has 0 aromatic rings. The quantitative estimate of drug-likeness (QED) is 0.695. The van der Waals surface area contributed by atoms with Gasteiger partial charge in [0.1, 0.15) is 0 Å². The Kier molecular flexibility index (Phi) is 4.35. The van der Waals surface area contributed by atoms with Gasteiger partial charge in [-0.05, 0) is 46.6 Å². The van der Waals surface area contributed by atoms with Crippen molar-refractivity contribution in [1.82, 2.24) is 9.80 Å². The number of nitrogens with zero attached hydrogens (tertiary/aromatic N) is 2. The highest BCUT2D eigenvalue weighted by molar-refractivity contribution is 5.70. The van der Waals surface area contributed by atoms with Crippen molar-refractivity contribution in [2.75, 3.05) is 40.3 Å². The van der Waals surface area contributed by atoms with Crippen LogP contribution in [-0.4, -0.2) is 61.2 Å². The van der Waals surface area contributed by atoms with E-state index in [1.54, 1.807) is 0 Å². The summed E-state index contributed by atoms with van der Waals surface area (Å²) in [6.45, 7) is 3.79. The molecule has 0 bridgehead atoms. The summed E-state index contributed by atoms with van der Waals surface area (Å²) in [5.74, 6) is -0.769. The van der Waals surface area contributed by atoms with Gasteiger partial charge in [-0.3, -0.25) is 4.79 Å². The molecule has 0 spiro atoms. The number of carboxylic acid groups (broad SMARTS) is 1. The molecule has 0 aromatic carbocycles. The van der Waals surface area contributed by atoms with Gasteiger partial charge in [0, 0.05) is 6.54 Å². The van der Waals surface area contributed by atoms with Gasteiger partial charge in [-0.25, -0.2) is 0 Å². The van der Waals surface area contributed by atoms with E-state index in [0.29, 0.717) is 0 Å². The first-order valence-electron chi connectivity index (χ1n) is 5.19. The first kappa shape index (κ1) is 11.5. The smallest absolute Gasteiger partial charge is 0.307 e. The van der Waals surface area contributed by atoms with E-state index < -0.39 is 5.97 Å². The van der Waals surface area contributed by atoms with Gasteiger partial charge in [-0.15, -0.1) is 0 Å². The summed E-state index contributed by atoms with van der Waals surface area (Å²) >= 11 is 0. The molecule has 1 unspecified atom stereocenters. The van der Waals surface area contributed by atoms with Gasteiger partial charge >= 0.3 is 5.97 Å². The van der Waals surface area contributed by atoms with Crippen LogP contribution in [0.5, 0.6) is 0 Å². The number of likely N-dealkylation sites (tertiary alicyclic amines) is 1. The molecule has 1 aliphatic rings. The lowest BCUT2D eigenvalue weighted by atomic mass is 10.1. The topological polar surface area (TPSA) is 43.8 Å². The third-order valence-corrected chi connectivity index (χ3v) is 2.70. The summed E-state index contributed by atoms with van der Waals surface area (Å²) in [5.41, 5.74) is 0. The zero-order valence-corrected chi connectivity index (χ0v) is 9.07. The molecule has 4 heteroatoms. The van der Waals surface area contributed by atoms with Crippen molar-refractivity contribution in [2.24, 2.45) is 5.92 Å². The van der Waals surface area contributed by atoms with Crippen LogP contribution in [0.3, 0.4) is 0 Å². The maximum absolute atomic E-state index is 10.7. The van der Waals surface area contributed by atoms with E-state index in [1.165, 1.54) is 0 Å². The average Bonchev–Trinajstić information content (AvgIpc) is 2.52. The van der Waals surface area contributed by atoms with Gasteiger partial charge in [0.25, 0.3) is 0 Å². The first-order chi connectivity index (χ1) is 6.59. The third-order valence-electron chi connectivity index (χ3n) is 2.70. The molecule has 4 nitrogen and oxygen atoms in total. The molecule has 1 aliphatic heterocycles. The Morgan fingerprint density at radius 3 is 2.79 bits per heavy atom. The molecule has 1 heterocycles. The third kappa shape index (κ3) is 3.64. The van der Waals surface area contributed by atoms with Crippen LogP contribution in [0.15, 0.2) is 0 Å². The van der Waals surface area contributed by atoms with Crippen molar-refractivity contribution in [3.63, 3.8) is 0 Å². The van der Waals surface area contributed by atoms with Crippen molar-refractivity contribution in [1.29, 1.82) is 0 Å². The second-order valence-corrected chi connectivity index (χ2v) is 4.28. The van der Waals surface area contributed by atoms with E-state index in [2.05, 4.69) is 23.9 Å². The predicted molar refractivity (Wildman–Crippen MR) is 55.4 cm³/mol. The van der Waals surface area contributed by atoms with Crippen molar-refractivity contribution >= 4 is 5.97 Å². The minimum Gasteiger partial charge on any atom is -0.481 e. The lowest BCUT2D eigenvalue weighted by Crippen LogP contribution is -2.26. The lowest BCUT2D eigenvalue weighted by molar-refractivity contribution is -0.141. The van der Waals surface area contributed by atoms with E-state index >= 15 is 0 Å². The van der Waals surface area contributed by atoms with Crippen molar-refractivity contribution in [2.45, 2.75) is 12.8 Å². The molecule has 14 heavy (non-hydrogen) atoms. The standard InChI is InChI=1S/C10H20N2O2/c1-11(2)5-3-6-12-7-4-9(8-12)10(13)14/h9H,3-8H2,1-2H3,(H,13,14). The molecule has 0 aromatic heterocycles. The summed E-state index contributed by atoms with van der Waals surface area (Å²) in [5, 5.41) is 8.81. The molecule has 1 N–H and O–H groups in total. The maximum atomic E-state index is 10.7. The van der Waals surface area contributed by atoms with Gasteiger partial charge in [0.05, 0.1) is 5.92 Å². The summed E-state index contributed by atoms with van der Waals surface area (Å²) in [7, 11) is 4.12. The minimum atomic E-state index is -0.639. The molecule has 0 amide bonds. The van der Waals surface area contributed by atoms with Gasteiger partial charge in [-0.1, -0.05) is 0 Å². The first-order valence-corrected chi connectivity index (χ1v) is 5.19. The van der Waals surface area contributed by atoms with Crippen LogP contribution in [0.2, 0.25) is 0 Å². The van der Waals surface area contributed by atoms with Gasteiger partial charge in [-0.2, -0.15) is 0 Å². The highest BCUT2D eigenvalue weighted by Gasteiger charge is 2.27. The molecule has 1 atom stereocenters. The molecular weight excluding hydrogens is 180 g/mol. The number of aliphatic carboxylic acids is 1. The summed E-state index contributed by atoms with van der Waals surface area (Å²) in [6, 6.07) is 0. The predicted octanol–water partition coefficient (Wildman–Crippen LogP) is 0.345. The molecule has 1 fully saturated rings. The number of carbonyl (C=O) groups is 1. The average molecular weight is 200 g/mol. The van der Waals surface area contributed by atoms with Crippen molar-refractivity contribution in [3.8, 4) is 0 Å². The fraction of sp³-hybridized carbons (Fsp3) is 0.900. The van der Waals surface area contributed by atoms with Crippen LogP contribution in [-0.2, 0) is 4.79 Å². The Labute approximate surface area is 85.5 Å². The van der Waals surface area contributed by atoms with Crippen LogP contribution in [0, 0.1) is 5.92 Å². The van der Waals surface area contributed by atoms with Gasteiger partial charge < -0.3 is 14.9 Å². The van der Waals surface area contributed by atoms with Crippen LogP contribution >= 0.6 is 0 Å². The van der Waals surface area contributed by atoms with Crippen LogP contribution < -0.4 is 0 Å². The number of hydrogen-bond acceptors (Lipinski definition) is 3. The molecule has 0 radical (unpaired) electrons. The van der Waals surface area contributed by atoms with Gasteiger partial charge in [0.2, 0.25) is 0 Å². The molecule has 1 rings (SSSR count). The number of rotatable bonds is 5. The Bertz CT molecular complexity index is 195. The molecule has 1 saturated heterocycles. The lowest BCUT2D eigenvalue weighted by Gasteiger charge is -2.16. The van der Waals surface area contributed by atoms with E-state index in [0.717, 1.165) is 39.0 Å². The normalized spacial score (nSPS) is 23.2. The van der Waals surface area contributed by atoms with Crippen LogP contribution in [0.25, 0.3) is 0 Å². The summed E-state index contributed by atoms with van der Waals surface area (Å²) in [6.07, 6.45) is 1.94. The summed E-state index contributed by atoms with van der Waals surface area (Å²) < 4.78 is 0. The summed E-state index contributed by atoms with van der Waals surface area (Å²) in [4.78, 5) is 15.1. The number of hydrogen-bond donors (Lipinski definition) is 1. The second-order valence-electron chi connectivity index (χ2n) is 4.28. The zero-order valence-electron chi connectivity index (χ0n) is 9.07. The highest BCUT2D eigenvalue weighted by Crippen LogP contribution is 2.16. The van der Waals surface area contributed by atoms with E-state index in [9.17, 15) is 4.79 Å². The fourth-order valence-corrected chi connectivity index (χ4v) is 1.85. The molecular formula is C10H20N2O2. The van der Waals surface area contributed by atoms with E-state index in [4.69, 9.17) is 5.11 Å². The largest absolute Gasteiger partial charge is 0.481 e. The SMILES string of the molecule is CN(C)CCCN1CCC(C(=O)O)C1. The molecule has 0 aliphatic carbocycles. The monoisotopic (exact) mass is 200 g/mol. The highest BCUT2D eigenvalue weighted by atomic mass is 16.4. The molecule has 82 valence electrons. The van der Waals surface area contributed by atoms with Crippen molar-refractivity contribution in [3.05, 3.63) is 0 Å². The fourth-order valence-electron chi connectivity index (χ4n) is 1.85. The number of carboxylic acids is 1. The molecule has 0 saturated carbocycles. The van der Waals surface area contributed by atoms with E-state index in [1.807, 2.05) is 0 Å². The Morgan fingerprint density at radius 1 is 1.57 bits per heavy atom. The minimum absolute atomic E-state index is 0.130. The zero-order chi connectivity index (χ0) is 10.6. The van der Waals surface area contributed by atoms with Crippen LogP contribution in [0.1, 0.15) is 12.8 Å². The maximum Gasteiger partial charge on any atom is 0.307 e. The second kappa shape index (κ2) is 5.32. The van der Waals surface area contributed by atoms with Crippen molar-refractivity contribution < 1.29 is 9.90 Å². The van der Waals surface area contributed by atoms with Gasteiger partial charge in [0.15, 0.2) is 0 Å². The Morgan fingerprint density at radius 2 is 2.29 bits per heavy atom. The van der Waals surface area contributed by atoms with E-state index in [-0.39, 0.29) is 5.92 Å². The van der Waals surface area contributed by atoms with Crippen LogP contribution in [0.4, 0.5) is 0 Å².